The Kier molecular flexibility index (Phi) is 5.06. The van der Waals surface area contributed by atoms with E-state index in [9.17, 15) is 9.59 Å². The zero-order valence-corrected chi connectivity index (χ0v) is 12.7. The van der Waals surface area contributed by atoms with Crippen molar-refractivity contribution >= 4 is 29.3 Å². The molecule has 1 atom stereocenters. The first-order chi connectivity index (χ1) is 9.60. The Bertz CT molecular complexity index is 517. The van der Waals surface area contributed by atoms with E-state index in [2.05, 4.69) is 16.7 Å². The molecule has 1 aromatic rings. The topological polar surface area (TPSA) is 58.2 Å². The summed E-state index contributed by atoms with van der Waals surface area (Å²) in [4.78, 5) is 24.1. The molecule has 0 saturated heterocycles. The molecule has 0 aliphatic carbocycles. The van der Waals surface area contributed by atoms with Crippen molar-refractivity contribution in [2.24, 2.45) is 0 Å². The van der Waals surface area contributed by atoms with Crippen LogP contribution in [0.15, 0.2) is 23.1 Å². The minimum Gasteiger partial charge on any atom is -0.356 e. The van der Waals surface area contributed by atoms with E-state index in [0.29, 0.717) is 13.0 Å². The van der Waals surface area contributed by atoms with Gasteiger partial charge in [-0.25, -0.2) is 0 Å². The van der Waals surface area contributed by atoms with E-state index in [1.165, 1.54) is 0 Å². The zero-order chi connectivity index (χ0) is 14.5. The molecule has 0 bridgehead atoms. The Hall–Kier alpha value is -1.49. The molecule has 108 valence electrons. The fourth-order valence-electron chi connectivity index (χ4n) is 2.07. The number of carbonyl (C=O) groups is 2. The van der Waals surface area contributed by atoms with Crippen LogP contribution in [0.1, 0.15) is 32.3 Å². The molecule has 0 saturated carbocycles. The average Bonchev–Trinajstić information content (AvgIpc) is 2.41. The monoisotopic (exact) mass is 292 g/mol. The van der Waals surface area contributed by atoms with E-state index in [-0.39, 0.29) is 17.1 Å². The summed E-state index contributed by atoms with van der Waals surface area (Å²) in [6, 6.07) is 6.10. The average molecular weight is 292 g/mol. The van der Waals surface area contributed by atoms with Crippen LogP contribution in [0, 0.1) is 0 Å². The highest BCUT2D eigenvalue weighted by atomic mass is 32.2. The number of hydrogen-bond acceptors (Lipinski definition) is 3. The number of carbonyl (C=O) groups excluding carboxylic acids is 2. The summed E-state index contributed by atoms with van der Waals surface area (Å²) in [6.07, 6.45) is 2.22. The van der Waals surface area contributed by atoms with Crippen LogP contribution < -0.4 is 10.6 Å². The molecule has 2 rings (SSSR count). The third-order valence-corrected chi connectivity index (χ3v) is 4.37. The van der Waals surface area contributed by atoms with Crippen molar-refractivity contribution in [2.45, 2.75) is 43.3 Å². The lowest BCUT2D eigenvalue weighted by Crippen LogP contribution is -2.27. The largest absolute Gasteiger partial charge is 0.356 e. The molecule has 5 heteroatoms. The van der Waals surface area contributed by atoms with Crippen LogP contribution in [0.3, 0.4) is 0 Å². The molecule has 1 aliphatic heterocycles. The first-order valence-corrected chi connectivity index (χ1v) is 7.85. The van der Waals surface area contributed by atoms with Gasteiger partial charge in [0.2, 0.25) is 11.8 Å². The highest BCUT2D eigenvalue weighted by Gasteiger charge is 2.22. The first-order valence-electron chi connectivity index (χ1n) is 6.97. The molecule has 1 aromatic carbocycles. The van der Waals surface area contributed by atoms with Crippen molar-refractivity contribution in [2.75, 3.05) is 11.9 Å². The SMILES string of the molecule is CCCC(=O)NCCc1ccc2c(c1)NC(=O)C(C)S2. The number of anilines is 1. The quantitative estimate of drug-likeness (QED) is 0.877. The number of amides is 2. The maximum absolute atomic E-state index is 11.7. The predicted octanol–water partition coefficient (Wildman–Crippen LogP) is 2.58. The second-order valence-electron chi connectivity index (χ2n) is 4.93. The van der Waals surface area contributed by atoms with Crippen LogP contribution in [0.2, 0.25) is 0 Å². The molecule has 2 N–H and O–H groups in total. The van der Waals surface area contributed by atoms with Crippen LogP contribution >= 0.6 is 11.8 Å². The number of rotatable bonds is 5. The molecule has 0 fully saturated rings. The molecule has 1 unspecified atom stereocenters. The van der Waals surface area contributed by atoms with Crippen molar-refractivity contribution in [3.63, 3.8) is 0 Å². The van der Waals surface area contributed by atoms with E-state index < -0.39 is 0 Å². The van der Waals surface area contributed by atoms with Gasteiger partial charge in [0, 0.05) is 17.9 Å². The van der Waals surface area contributed by atoms with Gasteiger partial charge in [0.05, 0.1) is 10.9 Å². The lowest BCUT2D eigenvalue weighted by molar-refractivity contribution is -0.121. The number of benzene rings is 1. The third kappa shape index (κ3) is 3.76. The summed E-state index contributed by atoms with van der Waals surface area (Å²) in [5.74, 6) is 0.152. The molecule has 0 radical (unpaired) electrons. The van der Waals surface area contributed by atoms with Crippen molar-refractivity contribution in [3.8, 4) is 0 Å². The highest BCUT2D eigenvalue weighted by molar-refractivity contribution is 8.00. The fraction of sp³-hybridized carbons (Fsp3) is 0.467. The van der Waals surface area contributed by atoms with Gasteiger partial charge < -0.3 is 10.6 Å². The van der Waals surface area contributed by atoms with E-state index in [1.807, 2.05) is 26.0 Å². The molecular formula is C15H20N2O2S. The molecule has 0 spiro atoms. The Balaban J connectivity index is 1.93. The smallest absolute Gasteiger partial charge is 0.237 e. The number of fused-ring (bicyclic) bond motifs is 1. The first kappa shape index (κ1) is 14.9. The Morgan fingerprint density at radius 2 is 2.25 bits per heavy atom. The van der Waals surface area contributed by atoms with Gasteiger partial charge in [-0.2, -0.15) is 0 Å². The van der Waals surface area contributed by atoms with E-state index in [0.717, 1.165) is 29.0 Å². The summed E-state index contributed by atoms with van der Waals surface area (Å²) in [7, 11) is 0. The molecule has 1 aliphatic rings. The van der Waals surface area contributed by atoms with Crippen LogP contribution in [-0.4, -0.2) is 23.6 Å². The van der Waals surface area contributed by atoms with E-state index in [1.54, 1.807) is 11.8 Å². The molecule has 20 heavy (non-hydrogen) atoms. The number of nitrogens with one attached hydrogen (secondary N) is 2. The minimum atomic E-state index is -0.0401. The van der Waals surface area contributed by atoms with Gasteiger partial charge in [-0.1, -0.05) is 13.0 Å². The molecule has 2 amide bonds. The lowest BCUT2D eigenvalue weighted by atomic mass is 10.1. The minimum absolute atomic E-state index is 0.0401. The molecule has 1 heterocycles. The lowest BCUT2D eigenvalue weighted by Gasteiger charge is -2.21. The summed E-state index contributed by atoms with van der Waals surface area (Å²) >= 11 is 1.58. The maximum Gasteiger partial charge on any atom is 0.237 e. The van der Waals surface area contributed by atoms with Gasteiger partial charge in [0.1, 0.15) is 0 Å². The van der Waals surface area contributed by atoms with Gasteiger partial charge in [0.15, 0.2) is 0 Å². The summed E-state index contributed by atoms with van der Waals surface area (Å²) in [5.41, 5.74) is 2.01. The van der Waals surface area contributed by atoms with Gasteiger partial charge in [-0.3, -0.25) is 9.59 Å². The zero-order valence-electron chi connectivity index (χ0n) is 11.9. The second-order valence-corrected chi connectivity index (χ2v) is 6.31. The maximum atomic E-state index is 11.7. The van der Waals surface area contributed by atoms with E-state index >= 15 is 0 Å². The standard InChI is InChI=1S/C15H20N2O2S/c1-3-4-14(18)16-8-7-11-5-6-13-12(9-11)17-15(19)10(2)20-13/h5-6,9-10H,3-4,7-8H2,1-2H3,(H,16,18)(H,17,19). The third-order valence-electron chi connectivity index (χ3n) is 3.19. The van der Waals surface area contributed by atoms with Crippen molar-refractivity contribution < 1.29 is 9.59 Å². The van der Waals surface area contributed by atoms with E-state index in [4.69, 9.17) is 0 Å². The fourth-order valence-corrected chi connectivity index (χ4v) is 3.00. The van der Waals surface area contributed by atoms with Crippen LogP contribution in [0.4, 0.5) is 5.69 Å². The Morgan fingerprint density at radius 3 is 3.00 bits per heavy atom. The van der Waals surface area contributed by atoms with Crippen LogP contribution in [0.25, 0.3) is 0 Å². The normalized spacial score (nSPS) is 17.3. The highest BCUT2D eigenvalue weighted by Crippen LogP contribution is 2.35. The van der Waals surface area contributed by atoms with Crippen molar-refractivity contribution in [3.05, 3.63) is 23.8 Å². The van der Waals surface area contributed by atoms with Crippen molar-refractivity contribution in [1.29, 1.82) is 0 Å². The Labute approximate surface area is 123 Å². The van der Waals surface area contributed by atoms with Crippen molar-refractivity contribution in [1.82, 2.24) is 5.32 Å². The van der Waals surface area contributed by atoms with Crippen LogP contribution in [0.5, 0.6) is 0 Å². The van der Waals surface area contributed by atoms with Gasteiger partial charge >= 0.3 is 0 Å². The summed E-state index contributed by atoms with van der Waals surface area (Å²) in [5, 5.41) is 5.78. The summed E-state index contributed by atoms with van der Waals surface area (Å²) < 4.78 is 0. The van der Waals surface area contributed by atoms with Gasteiger partial charge in [-0.15, -0.1) is 11.8 Å². The molecule has 0 aromatic heterocycles. The predicted molar refractivity (Wildman–Crippen MR) is 82.0 cm³/mol. The summed E-state index contributed by atoms with van der Waals surface area (Å²) in [6.45, 7) is 4.53. The van der Waals surface area contributed by atoms with Gasteiger partial charge in [-0.05, 0) is 37.5 Å². The number of hydrogen-bond donors (Lipinski definition) is 2. The second kappa shape index (κ2) is 6.79. The van der Waals surface area contributed by atoms with Crippen LogP contribution in [-0.2, 0) is 16.0 Å². The molecular weight excluding hydrogens is 272 g/mol. The Morgan fingerprint density at radius 1 is 1.45 bits per heavy atom. The number of thioether (sulfide) groups is 1. The van der Waals surface area contributed by atoms with Gasteiger partial charge in [0.25, 0.3) is 0 Å². The molecule has 4 nitrogen and oxygen atoms in total.